The number of carboxylic acid groups (broad SMARTS) is 1. The number of anilines is 1. The van der Waals surface area contributed by atoms with Gasteiger partial charge in [0.1, 0.15) is 0 Å². The molecule has 0 aliphatic heterocycles. The molecule has 0 saturated heterocycles. The molecule has 0 atom stereocenters. The van der Waals surface area contributed by atoms with Crippen LogP contribution in [-0.2, 0) is 10.0 Å². The van der Waals surface area contributed by atoms with E-state index in [0.29, 0.717) is 27.9 Å². The van der Waals surface area contributed by atoms with Gasteiger partial charge in [-0.15, -0.1) is 0 Å². The first-order valence-electron chi connectivity index (χ1n) is 10.5. The van der Waals surface area contributed by atoms with Crippen molar-refractivity contribution >= 4 is 33.2 Å². The van der Waals surface area contributed by atoms with Gasteiger partial charge in [-0.25, -0.2) is 4.79 Å². The Kier molecular flexibility index (Phi) is 5.93. The van der Waals surface area contributed by atoms with E-state index < -0.39 is 16.0 Å². The quantitative estimate of drug-likeness (QED) is 0.555. The molecule has 1 aliphatic carbocycles. The fraction of sp³-hybridized carbons (Fsp3) is 0.115. The number of fused-ring (bicyclic) bond motifs is 1. The molecule has 3 aromatic carbocycles. The molecule has 2 N–H and O–H groups in total. The molecule has 0 saturated carbocycles. The van der Waals surface area contributed by atoms with Crippen molar-refractivity contribution in [3.05, 3.63) is 106 Å². The minimum absolute atomic E-state index is 0.108. The lowest BCUT2D eigenvalue weighted by atomic mass is 9.92. The van der Waals surface area contributed by atoms with Gasteiger partial charge >= 0.3 is 5.97 Å². The van der Waals surface area contributed by atoms with Crippen molar-refractivity contribution in [2.24, 2.45) is 4.40 Å². The maximum absolute atomic E-state index is 13.3. The number of Topliss-reactive ketones (excluding diaryl/α,β-unsaturated/α-hetero) is 1. The first kappa shape index (κ1) is 23.1. The Morgan fingerprint density at radius 2 is 1.50 bits per heavy atom. The predicted molar refractivity (Wildman–Crippen MR) is 130 cm³/mol. The molecule has 0 fully saturated rings. The van der Waals surface area contributed by atoms with Crippen LogP contribution in [-0.4, -0.2) is 31.0 Å². The van der Waals surface area contributed by atoms with Crippen LogP contribution in [0.2, 0.25) is 0 Å². The molecule has 172 valence electrons. The van der Waals surface area contributed by atoms with Gasteiger partial charge < -0.3 is 10.4 Å². The van der Waals surface area contributed by atoms with E-state index in [0.717, 1.165) is 5.56 Å². The number of carboxylic acids is 1. The fourth-order valence-electron chi connectivity index (χ4n) is 4.10. The highest BCUT2D eigenvalue weighted by Crippen LogP contribution is 2.28. The van der Waals surface area contributed by atoms with E-state index in [4.69, 9.17) is 5.11 Å². The number of carbonyl (C=O) groups is 2. The van der Waals surface area contributed by atoms with Crippen LogP contribution in [0, 0.1) is 20.8 Å². The number of aromatic carboxylic acids is 1. The Balaban J connectivity index is 1.81. The molecule has 1 aliphatic rings. The third-order valence-corrected chi connectivity index (χ3v) is 7.06. The van der Waals surface area contributed by atoms with Crippen LogP contribution in [0.4, 0.5) is 5.69 Å². The van der Waals surface area contributed by atoms with Gasteiger partial charge in [-0.05, 0) is 62.2 Å². The molecule has 0 bridgehead atoms. The number of carbonyl (C=O) groups excluding carboxylic acids is 1. The highest BCUT2D eigenvalue weighted by atomic mass is 32.2. The van der Waals surface area contributed by atoms with Crippen LogP contribution in [0.1, 0.15) is 43.0 Å². The van der Waals surface area contributed by atoms with E-state index in [1.807, 2.05) is 6.92 Å². The second kappa shape index (κ2) is 8.72. The monoisotopic (exact) mass is 474 g/mol. The van der Waals surface area contributed by atoms with Gasteiger partial charge in [0.25, 0.3) is 10.0 Å². The highest BCUT2D eigenvalue weighted by molar-refractivity contribution is 7.90. The van der Waals surface area contributed by atoms with Crippen molar-refractivity contribution < 1.29 is 23.1 Å². The van der Waals surface area contributed by atoms with Crippen LogP contribution in [0.5, 0.6) is 0 Å². The van der Waals surface area contributed by atoms with E-state index in [9.17, 15) is 18.0 Å². The Hall–Kier alpha value is -4.04. The van der Waals surface area contributed by atoms with E-state index in [2.05, 4.69) is 9.71 Å². The van der Waals surface area contributed by atoms with Crippen LogP contribution >= 0.6 is 0 Å². The van der Waals surface area contributed by atoms with Crippen LogP contribution < -0.4 is 5.32 Å². The van der Waals surface area contributed by atoms with E-state index in [1.54, 1.807) is 50.2 Å². The number of aryl methyl sites for hydroxylation is 3. The molecule has 0 radical (unpaired) electrons. The lowest BCUT2D eigenvalue weighted by molar-refractivity contribution is 0.0696. The third kappa shape index (κ3) is 4.40. The normalized spacial score (nSPS) is 14.5. The smallest absolute Gasteiger partial charge is 0.335 e. The molecule has 8 heteroatoms. The summed E-state index contributed by atoms with van der Waals surface area (Å²) >= 11 is 0. The topological polar surface area (TPSA) is 113 Å². The molecule has 34 heavy (non-hydrogen) atoms. The summed E-state index contributed by atoms with van der Waals surface area (Å²) in [7, 11) is -4.07. The summed E-state index contributed by atoms with van der Waals surface area (Å²) in [6.45, 7) is 5.36. The van der Waals surface area contributed by atoms with E-state index in [-0.39, 0.29) is 27.7 Å². The van der Waals surface area contributed by atoms with Crippen molar-refractivity contribution in [3.63, 3.8) is 0 Å². The molecule has 3 aromatic rings. The summed E-state index contributed by atoms with van der Waals surface area (Å²) in [6, 6.07) is 16.2. The standard InChI is InChI=1S/C26H22N2O5S/c1-15-12-16(2)25(17(3)13-15)34(32,33)28-22-14-23(24(29)21-7-5-4-6-20(21)22)27-19-10-8-18(9-11-19)26(30)31/h4-14,27H,1-3H3,(H,30,31)/b28-22-. The molecular weight excluding hydrogens is 452 g/mol. The summed E-state index contributed by atoms with van der Waals surface area (Å²) in [5.74, 6) is -1.38. The Morgan fingerprint density at radius 1 is 0.912 bits per heavy atom. The average Bonchev–Trinajstić information content (AvgIpc) is 2.76. The molecule has 0 amide bonds. The number of benzene rings is 3. The number of ketones is 1. The first-order valence-corrected chi connectivity index (χ1v) is 11.9. The molecular formula is C26H22N2O5S. The first-order chi connectivity index (χ1) is 16.1. The lowest BCUT2D eigenvalue weighted by Gasteiger charge is -2.19. The largest absolute Gasteiger partial charge is 0.478 e. The van der Waals surface area contributed by atoms with Crippen molar-refractivity contribution in [1.29, 1.82) is 0 Å². The minimum Gasteiger partial charge on any atom is -0.478 e. The Bertz CT molecular complexity index is 1480. The molecule has 0 unspecified atom stereocenters. The second-order valence-electron chi connectivity index (χ2n) is 8.12. The number of allylic oxidation sites excluding steroid dienone is 2. The maximum atomic E-state index is 13.3. The van der Waals surface area contributed by atoms with Gasteiger partial charge in [0.05, 0.1) is 21.9 Å². The zero-order chi connectivity index (χ0) is 24.6. The maximum Gasteiger partial charge on any atom is 0.335 e. The molecule has 0 heterocycles. The van der Waals surface area contributed by atoms with Crippen molar-refractivity contribution in [1.82, 2.24) is 0 Å². The van der Waals surface area contributed by atoms with Crippen molar-refractivity contribution in [2.45, 2.75) is 25.7 Å². The van der Waals surface area contributed by atoms with Gasteiger partial charge in [0.2, 0.25) is 5.78 Å². The third-order valence-electron chi connectivity index (χ3n) is 5.47. The number of hydrogen-bond donors (Lipinski definition) is 2. The number of rotatable bonds is 5. The average molecular weight is 475 g/mol. The Morgan fingerprint density at radius 3 is 2.09 bits per heavy atom. The highest BCUT2D eigenvalue weighted by Gasteiger charge is 2.27. The number of hydrogen-bond acceptors (Lipinski definition) is 5. The zero-order valence-electron chi connectivity index (χ0n) is 18.8. The minimum atomic E-state index is -4.07. The summed E-state index contributed by atoms with van der Waals surface area (Å²) in [5.41, 5.74) is 3.76. The van der Waals surface area contributed by atoms with Crippen molar-refractivity contribution in [2.75, 3.05) is 5.32 Å². The zero-order valence-corrected chi connectivity index (χ0v) is 19.6. The Labute approximate surface area is 197 Å². The van der Waals surface area contributed by atoms with E-state index in [1.165, 1.54) is 30.3 Å². The van der Waals surface area contributed by atoms with E-state index >= 15 is 0 Å². The summed E-state index contributed by atoms with van der Waals surface area (Å²) < 4.78 is 30.8. The predicted octanol–water partition coefficient (Wildman–Crippen LogP) is 4.68. The SMILES string of the molecule is Cc1cc(C)c(S(=O)(=O)/N=C2/C=C(Nc3ccc(C(=O)O)cc3)C(=O)c3ccccc32)c(C)c1. The van der Waals surface area contributed by atoms with Gasteiger partial charge in [-0.3, -0.25) is 4.79 Å². The van der Waals surface area contributed by atoms with Crippen LogP contribution in [0.3, 0.4) is 0 Å². The van der Waals surface area contributed by atoms with Gasteiger partial charge in [0, 0.05) is 16.8 Å². The number of nitrogens with one attached hydrogen (secondary N) is 1. The number of nitrogens with zero attached hydrogens (tertiary/aromatic N) is 1. The summed E-state index contributed by atoms with van der Waals surface area (Å²) in [6.07, 6.45) is 1.41. The molecule has 4 rings (SSSR count). The summed E-state index contributed by atoms with van der Waals surface area (Å²) in [5, 5.41) is 12.0. The van der Waals surface area contributed by atoms with Gasteiger partial charge in [0.15, 0.2) is 0 Å². The van der Waals surface area contributed by atoms with Gasteiger partial charge in [-0.2, -0.15) is 12.8 Å². The molecule has 0 aromatic heterocycles. The van der Waals surface area contributed by atoms with Crippen molar-refractivity contribution in [3.8, 4) is 0 Å². The number of sulfonamides is 1. The second-order valence-corrected chi connectivity index (χ2v) is 9.66. The molecule has 7 nitrogen and oxygen atoms in total. The summed E-state index contributed by atoms with van der Waals surface area (Å²) in [4.78, 5) is 24.3. The lowest BCUT2D eigenvalue weighted by Crippen LogP contribution is -2.22. The van der Waals surface area contributed by atoms with Crippen LogP contribution in [0.25, 0.3) is 0 Å². The van der Waals surface area contributed by atoms with Gasteiger partial charge in [-0.1, -0.05) is 42.0 Å². The molecule has 0 spiro atoms. The van der Waals surface area contributed by atoms with Crippen LogP contribution in [0.15, 0.2) is 81.7 Å². The fourth-order valence-corrected chi connectivity index (χ4v) is 5.53.